The molecule has 0 unspecified atom stereocenters. The van der Waals surface area contributed by atoms with Crippen LogP contribution < -0.4 is 15.8 Å². The summed E-state index contributed by atoms with van der Waals surface area (Å²) in [6.07, 6.45) is 1.72. The normalized spacial score (nSPS) is 14.9. The van der Waals surface area contributed by atoms with Crippen LogP contribution in [0.1, 0.15) is 11.3 Å². The van der Waals surface area contributed by atoms with Gasteiger partial charge in [0.05, 0.1) is 24.6 Å². The van der Waals surface area contributed by atoms with Gasteiger partial charge in [0.15, 0.2) is 0 Å². The first-order valence-electron chi connectivity index (χ1n) is 7.44. The average molecular weight is 300 g/mol. The van der Waals surface area contributed by atoms with Crippen LogP contribution in [0.5, 0.6) is 0 Å². The zero-order valence-corrected chi connectivity index (χ0v) is 12.6. The van der Waals surface area contributed by atoms with Crippen molar-refractivity contribution in [1.82, 2.24) is 9.97 Å². The zero-order valence-electron chi connectivity index (χ0n) is 12.6. The van der Waals surface area contributed by atoms with E-state index in [2.05, 4.69) is 26.3 Å². The number of aryl methyl sites for hydroxylation is 1. The molecule has 6 heteroatoms. The van der Waals surface area contributed by atoms with Crippen LogP contribution in [0.2, 0.25) is 0 Å². The highest BCUT2D eigenvalue weighted by molar-refractivity contribution is 5.53. The van der Waals surface area contributed by atoms with Gasteiger partial charge >= 0.3 is 0 Å². The van der Waals surface area contributed by atoms with E-state index in [9.17, 15) is 4.79 Å². The van der Waals surface area contributed by atoms with E-state index >= 15 is 0 Å². The van der Waals surface area contributed by atoms with Crippen molar-refractivity contribution < 1.29 is 4.74 Å². The minimum absolute atomic E-state index is 0.0866. The summed E-state index contributed by atoms with van der Waals surface area (Å²) in [4.78, 5) is 20.6. The zero-order chi connectivity index (χ0) is 15.4. The van der Waals surface area contributed by atoms with Gasteiger partial charge in [-0.3, -0.25) is 4.79 Å². The number of hydrogen-bond acceptors (Lipinski definition) is 5. The lowest BCUT2D eigenvalue weighted by atomic mass is 10.2. The molecule has 22 heavy (non-hydrogen) atoms. The topological polar surface area (TPSA) is 70.2 Å². The van der Waals surface area contributed by atoms with Crippen molar-refractivity contribution in [3.05, 3.63) is 52.1 Å². The Balaban J connectivity index is 1.66. The van der Waals surface area contributed by atoms with Crippen LogP contribution in [0.25, 0.3) is 0 Å². The highest BCUT2D eigenvalue weighted by Gasteiger charge is 2.13. The quantitative estimate of drug-likeness (QED) is 0.896. The molecule has 2 aromatic rings. The van der Waals surface area contributed by atoms with Gasteiger partial charge in [-0.05, 0) is 24.6 Å². The number of hydrogen-bond donors (Lipinski definition) is 2. The van der Waals surface area contributed by atoms with Crippen molar-refractivity contribution in [2.45, 2.75) is 13.5 Å². The third kappa shape index (κ3) is 3.46. The van der Waals surface area contributed by atoms with E-state index in [0.29, 0.717) is 6.54 Å². The molecule has 2 N–H and O–H groups in total. The molecular formula is C16H20N4O2. The van der Waals surface area contributed by atoms with E-state index in [-0.39, 0.29) is 5.56 Å². The van der Waals surface area contributed by atoms with Crippen LogP contribution in [0, 0.1) is 6.92 Å². The van der Waals surface area contributed by atoms with Gasteiger partial charge in [-0.1, -0.05) is 6.07 Å². The van der Waals surface area contributed by atoms with Crippen LogP contribution in [0.3, 0.4) is 0 Å². The molecule has 116 valence electrons. The van der Waals surface area contributed by atoms with Crippen molar-refractivity contribution in [3.63, 3.8) is 0 Å². The Morgan fingerprint density at radius 2 is 2.09 bits per heavy atom. The molecule has 1 fully saturated rings. The second-order valence-electron chi connectivity index (χ2n) is 5.32. The van der Waals surface area contributed by atoms with Gasteiger partial charge in [0.2, 0.25) is 5.56 Å². The molecule has 3 heterocycles. The lowest BCUT2D eigenvalue weighted by Crippen LogP contribution is -2.36. The minimum Gasteiger partial charge on any atom is -0.379 e. The van der Waals surface area contributed by atoms with Gasteiger partial charge in [0.25, 0.3) is 0 Å². The first-order valence-corrected chi connectivity index (χ1v) is 7.44. The maximum atomic E-state index is 11.0. The third-order valence-electron chi connectivity index (χ3n) is 3.74. The molecule has 1 aliphatic rings. The maximum absolute atomic E-state index is 11.0. The molecule has 0 aromatic carbocycles. The SMILES string of the molecule is Cc1nc(N2CCOCC2)ccc1NCc1ccc(=O)[nH]c1. The molecule has 1 saturated heterocycles. The highest BCUT2D eigenvalue weighted by Crippen LogP contribution is 2.20. The van der Waals surface area contributed by atoms with Gasteiger partial charge in [-0.15, -0.1) is 0 Å². The number of nitrogens with zero attached hydrogens (tertiary/aromatic N) is 2. The number of aromatic amines is 1. The van der Waals surface area contributed by atoms with E-state index in [0.717, 1.165) is 49.1 Å². The number of ether oxygens (including phenoxy) is 1. The molecule has 3 rings (SSSR count). The fraction of sp³-hybridized carbons (Fsp3) is 0.375. The van der Waals surface area contributed by atoms with E-state index in [1.54, 1.807) is 6.20 Å². The molecule has 0 atom stereocenters. The highest BCUT2D eigenvalue weighted by atomic mass is 16.5. The summed E-state index contributed by atoms with van der Waals surface area (Å²) in [7, 11) is 0. The Labute approximate surface area is 129 Å². The summed E-state index contributed by atoms with van der Waals surface area (Å²) < 4.78 is 5.36. The Bertz CT molecular complexity index is 672. The van der Waals surface area contributed by atoms with Gasteiger partial charge in [0, 0.05) is 31.9 Å². The predicted molar refractivity (Wildman–Crippen MR) is 86.4 cm³/mol. The third-order valence-corrected chi connectivity index (χ3v) is 3.74. The summed E-state index contributed by atoms with van der Waals surface area (Å²) in [5.74, 6) is 0.996. The van der Waals surface area contributed by atoms with E-state index < -0.39 is 0 Å². The van der Waals surface area contributed by atoms with Gasteiger partial charge in [0.1, 0.15) is 5.82 Å². The average Bonchev–Trinajstić information content (AvgIpc) is 2.56. The Kier molecular flexibility index (Phi) is 4.39. The smallest absolute Gasteiger partial charge is 0.247 e. The molecule has 0 amide bonds. The van der Waals surface area contributed by atoms with Crippen molar-refractivity contribution in [1.29, 1.82) is 0 Å². The Morgan fingerprint density at radius 1 is 1.27 bits per heavy atom. The number of aromatic nitrogens is 2. The van der Waals surface area contributed by atoms with Gasteiger partial charge < -0.3 is 19.9 Å². The van der Waals surface area contributed by atoms with Crippen molar-refractivity contribution in [3.8, 4) is 0 Å². The van der Waals surface area contributed by atoms with E-state index in [1.165, 1.54) is 6.07 Å². The lowest BCUT2D eigenvalue weighted by molar-refractivity contribution is 0.122. The molecule has 2 aromatic heterocycles. The molecular weight excluding hydrogens is 280 g/mol. The first-order chi connectivity index (χ1) is 10.7. The number of pyridine rings is 2. The maximum Gasteiger partial charge on any atom is 0.247 e. The number of rotatable bonds is 4. The molecule has 6 nitrogen and oxygen atoms in total. The summed E-state index contributed by atoms with van der Waals surface area (Å²) in [5, 5.41) is 3.35. The Morgan fingerprint density at radius 3 is 2.77 bits per heavy atom. The summed E-state index contributed by atoms with van der Waals surface area (Å²) in [5.41, 5.74) is 2.91. The second-order valence-corrected chi connectivity index (χ2v) is 5.32. The fourth-order valence-electron chi connectivity index (χ4n) is 2.45. The predicted octanol–water partition coefficient (Wildman–Crippen LogP) is 1.53. The van der Waals surface area contributed by atoms with E-state index in [1.807, 2.05) is 19.1 Å². The molecule has 0 aliphatic carbocycles. The summed E-state index contributed by atoms with van der Waals surface area (Å²) >= 11 is 0. The standard InChI is InChI=1S/C16H20N4O2/c1-12-14(17-10-13-2-5-16(21)18-11-13)3-4-15(19-12)20-6-8-22-9-7-20/h2-5,11,17H,6-10H2,1H3,(H,18,21). The first kappa shape index (κ1) is 14.6. The summed E-state index contributed by atoms with van der Waals surface area (Å²) in [6.45, 7) is 5.93. The minimum atomic E-state index is -0.0866. The van der Waals surface area contributed by atoms with Crippen LogP contribution >= 0.6 is 0 Å². The molecule has 0 bridgehead atoms. The molecule has 0 spiro atoms. The van der Waals surface area contributed by atoms with Gasteiger partial charge in [-0.25, -0.2) is 4.98 Å². The van der Waals surface area contributed by atoms with Crippen LogP contribution in [0.4, 0.5) is 11.5 Å². The van der Waals surface area contributed by atoms with Crippen molar-refractivity contribution in [2.24, 2.45) is 0 Å². The lowest BCUT2D eigenvalue weighted by Gasteiger charge is -2.28. The second kappa shape index (κ2) is 6.62. The van der Waals surface area contributed by atoms with Crippen LogP contribution in [-0.4, -0.2) is 36.3 Å². The number of morpholine rings is 1. The van der Waals surface area contributed by atoms with Crippen molar-refractivity contribution >= 4 is 11.5 Å². The monoisotopic (exact) mass is 300 g/mol. The number of anilines is 2. The summed E-state index contributed by atoms with van der Waals surface area (Å²) in [6, 6.07) is 7.44. The van der Waals surface area contributed by atoms with Gasteiger partial charge in [-0.2, -0.15) is 0 Å². The van der Waals surface area contributed by atoms with E-state index in [4.69, 9.17) is 4.74 Å². The fourth-order valence-corrected chi connectivity index (χ4v) is 2.45. The molecule has 0 saturated carbocycles. The molecule has 0 radical (unpaired) electrons. The van der Waals surface area contributed by atoms with Crippen LogP contribution in [-0.2, 0) is 11.3 Å². The number of nitrogens with one attached hydrogen (secondary N) is 2. The number of H-pyrrole nitrogens is 1. The molecule has 1 aliphatic heterocycles. The van der Waals surface area contributed by atoms with Crippen molar-refractivity contribution in [2.75, 3.05) is 36.5 Å². The largest absolute Gasteiger partial charge is 0.379 e. The van der Waals surface area contributed by atoms with Crippen LogP contribution in [0.15, 0.2) is 35.3 Å². The Hall–Kier alpha value is -2.34.